The number of nitrogens with zero attached hydrogens (tertiary/aromatic N) is 2. The first-order chi connectivity index (χ1) is 9.79. The van der Waals surface area contributed by atoms with E-state index in [1.165, 1.54) is 14.1 Å². The Bertz CT molecular complexity index is 918. The van der Waals surface area contributed by atoms with E-state index < -0.39 is 22.6 Å². The number of hydrogen-bond acceptors (Lipinski definition) is 5. The van der Waals surface area contributed by atoms with E-state index in [0.29, 0.717) is 0 Å². The van der Waals surface area contributed by atoms with Gasteiger partial charge in [-0.1, -0.05) is 6.92 Å². The third-order valence-electron chi connectivity index (χ3n) is 3.23. The lowest BCUT2D eigenvalue weighted by atomic mass is 10.2. The van der Waals surface area contributed by atoms with Crippen LogP contribution in [0.25, 0.3) is 11.0 Å². The second kappa shape index (κ2) is 4.93. The number of carbonyl (C=O) groups excluding carboxylic acids is 1. The Labute approximate surface area is 118 Å². The normalized spacial score (nSPS) is 10.8. The highest BCUT2D eigenvalue weighted by Crippen LogP contribution is 2.13. The summed E-state index contributed by atoms with van der Waals surface area (Å²) in [5, 5.41) is 2.12. The molecular formula is C12H15N5O4. The summed E-state index contributed by atoms with van der Waals surface area (Å²) in [7, 11) is 2.67. The molecule has 0 radical (unpaired) electrons. The van der Waals surface area contributed by atoms with E-state index in [2.05, 4.69) is 10.3 Å². The van der Waals surface area contributed by atoms with Crippen molar-refractivity contribution < 1.29 is 4.79 Å². The predicted octanol–water partition coefficient (Wildman–Crippen LogP) is -1.14. The van der Waals surface area contributed by atoms with Gasteiger partial charge in [0.15, 0.2) is 0 Å². The summed E-state index contributed by atoms with van der Waals surface area (Å²) in [5.74, 6) is -0.522. The Morgan fingerprint density at radius 1 is 1.24 bits per heavy atom. The maximum Gasteiger partial charge on any atom is 0.332 e. The van der Waals surface area contributed by atoms with Gasteiger partial charge >= 0.3 is 5.69 Å². The molecule has 9 nitrogen and oxygen atoms in total. The Hall–Kier alpha value is -2.84. The molecule has 0 aromatic carbocycles. The molecule has 0 atom stereocenters. The lowest BCUT2D eigenvalue weighted by Gasteiger charge is -2.11. The van der Waals surface area contributed by atoms with Gasteiger partial charge in [0.1, 0.15) is 22.5 Å². The first-order valence-corrected chi connectivity index (χ1v) is 6.20. The molecule has 2 aromatic rings. The summed E-state index contributed by atoms with van der Waals surface area (Å²) < 4.78 is 1.93. The van der Waals surface area contributed by atoms with Crippen molar-refractivity contribution in [2.75, 3.05) is 11.1 Å². The van der Waals surface area contributed by atoms with Crippen LogP contribution < -0.4 is 27.7 Å². The SMILES string of the molecule is CCC(=O)Nc1c(N)[nH]c2c(c1=O)c(=O)n(C)c(=O)n2C. The molecule has 2 aromatic heterocycles. The van der Waals surface area contributed by atoms with Crippen LogP contribution in [0.5, 0.6) is 0 Å². The van der Waals surface area contributed by atoms with E-state index in [1.54, 1.807) is 6.92 Å². The molecule has 0 saturated heterocycles. The number of fused-ring (bicyclic) bond motifs is 1. The van der Waals surface area contributed by atoms with E-state index >= 15 is 0 Å². The van der Waals surface area contributed by atoms with Gasteiger partial charge in [0, 0.05) is 20.5 Å². The molecule has 0 fully saturated rings. The maximum absolute atomic E-state index is 12.4. The molecule has 0 aliphatic heterocycles. The predicted molar refractivity (Wildman–Crippen MR) is 78.4 cm³/mol. The number of nitrogens with one attached hydrogen (secondary N) is 2. The van der Waals surface area contributed by atoms with E-state index in [-0.39, 0.29) is 29.0 Å². The summed E-state index contributed by atoms with van der Waals surface area (Å²) >= 11 is 0. The van der Waals surface area contributed by atoms with E-state index in [9.17, 15) is 19.2 Å². The quantitative estimate of drug-likeness (QED) is 0.643. The number of aromatic nitrogens is 3. The second-order valence-electron chi connectivity index (χ2n) is 4.57. The van der Waals surface area contributed by atoms with Gasteiger partial charge in [0.05, 0.1) is 0 Å². The Morgan fingerprint density at radius 2 is 1.86 bits per heavy atom. The lowest BCUT2D eigenvalue weighted by molar-refractivity contribution is -0.115. The Kier molecular flexibility index (Phi) is 3.42. The highest BCUT2D eigenvalue weighted by molar-refractivity contribution is 5.95. The number of H-pyrrole nitrogens is 1. The zero-order valence-electron chi connectivity index (χ0n) is 11.8. The number of pyridine rings is 1. The minimum atomic E-state index is -0.749. The number of aryl methyl sites for hydroxylation is 1. The smallest absolute Gasteiger partial charge is 0.332 e. The number of anilines is 2. The van der Waals surface area contributed by atoms with Gasteiger partial charge in [-0.25, -0.2) is 4.79 Å². The van der Waals surface area contributed by atoms with Crippen LogP contribution in [0.1, 0.15) is 13.3 Å². The van der Waals surface area contributed by atoms with Crippen LogP contribution in [-0.2, 0) is 18.9 Å². The molecule has 2 rings (SSSR count). The Balaban J connectivity index is 2.97. The lowest BCUT2D eigenvalue weighted by Crippen LogP contribution is -2.40. The minimum Gasteiger partial charge on any atom is -0.383 e. The molecule has 0 bridgehead atoms. The number of amides is 1. The number of nitrogen functional groups attached to an aromatic ring is 1. The van der Waals surface area contributed by atoms with Crippen molar-refractivity contribution in [2.45, 2.75) is 13.3 Å². The van der Waals surface area contributed by atoms with Crippen molar-refractivity contribution in [3.8, 4) is 0 Å². The standard InChI is InChI=1S/C12H15N5O4/c1-4-5(18)14-7-8(19)6-10(15-9(7)13)16(2)12(21)17(3)11(6)20/h4H2,1-3H3,(H,14,18)(H3,13,15,19). The average Bonchev–Trinajstić information content (AvgIpc) is 2.46. The number of hydrogen-bond donors (Lipinski definition) is 3. The van der Waals surface area contributed by atoms with Gasteiger partial charge in [-0.3, -0.25) is 23.5 Å². The monoisotopic (exact) mass is 293 g/mol. The molecule has 21 heavy (non-hydrogen) atoms. The fourth-order valence-electron chi connectivity index (χ4n) is 1.98. The summed E-state index contributed by atoms with van der Waals surface area (Å²) in [6.45, 7) is 1.61. The second-order valence-corrected chi connectivity index (χ2v) is 4.57. The fraction of sp³-hybridized carbons (Fsp3) is 0.333. The van der Waals surface area contributed by atoms with Crippen LogP contribution in [0.15, 0.2) is 14.4 Å². The zero-order valence-corrected chi connectivity index (χ0v) is 11.8. The summed E-state index contributed by atoms with van der Waals surface area (Å²) in [6.07, 6.45) is 0.155. The van der Waals surface area contributed by atoms with Crippen molar-refractivity contribution in [2.24, 2.45) is 14.1 Å². The van der Waals surface area contributed by atoms with Crippen LogP contribution in [0.2, 0.25) is 0 Å². The van der Waals surface area contributed by atoms with Crippen molar-refractivity contribution in [1.82, 2.24) is 14.1 Å². The molecule has 2 heterocycles. The average molecular weight is 293 g/mol. The summed E-state index contributed by atoms with van der Waals surface area (Å²) in [5.41, 5.74) is 3.47. The van der Waals surface area contributed by atoms with Crippen LogP contribution in [0, 0.1) is 0 Å². The van der Waals surface area contributed by atoms with Gasteiger partial charge < -0.3 is 16.0 Å². The molecule has 0 spiro atoms. The van der Waals surface area contributed by atoms with Gasteiger partial charge in [-0.05, 0) is 0 Å². The maximum atomic E-state index is 12.4. The Morgan fingerprint density at radius 3 is 2.43 bits per heavy atom. The highest BCUT2D eigenvalue weighted by Gasteiger charge is 2.18. The first kappa shape index (κ1) is 14.6. The molecule has 0 aliphatic carbocycles. The van der Waals surface area contributed by atoms with Crippen molar-refractivity contribution in [3.05, 3.63) is 31.1 Å². The highest BCUT2D eigenvalue weighted by atomic mass is 16.2. The minimum absolute atomic E-state index is 0.0140. The summed E-state index contributed by atoms with van der Waals surface area (Å²) in [4.78, 5) is 50.4. The third-order valence-corrected chi connectivity index (χ3v) is 3.23. The van der Waals surface area contributed by atoms with Crippen molar-refractivity contribution in [3.63, 3.8) is 0 Å². The molecule has 0 unspecified atom stereocenters. The summed E-state index contributed by atoms with van der Waals surface area (Å²) in [6, 6.07) is 0. The van der Waals surface area contributed by atoms with E-state index in [1.807, 2.05) is 0 Å². The van der Waals surface area contributed by atoms with Crippen LogP contribution >= 0.6 is 0 Å². The number of aromatic amines is 1. The van der Waals surface area contributed by atoms with Crippen LogP contribution in [0.3, 0.4) is 0 Å². The molecule has 0 saturated carbocycles. The fourth-order valence-corrected chi connectivity index (χ4v) is 1.98. The van der Waals surface area contributed by atoms with Crippen molar-refractivity contribution >= 4 is 28.4 Å². The molecule has 112 valence electrons. The topological polar surface area (TPSA) is 132 Å². The van der Waals surface area contributed by atoms with E-state index in [0.717, 1.165) is 9.13 Å². The molecule has 4 N–H and O–H groups in total. The molecule has 1 amide bonds. The van der Waals surface area contributed by atoms with Gasteiger partial charge in [-0.2, -0.15) is 0 Å². The van der Waals surface area contributed by atoms with Crippen molar-refractivity contribution in [1.29, 1.82) is 0 Å². The molecular weight excluding hydrogens is 278 g/mol. The third kappa shape index (κ3) is 2.12. The first-order valence-electron chi connectivity index (χ1n) is 6.20. The largest absolute Gasteiger partial charge is 0.383 e. The van der Waals surface area contributed by atoms with E-state index in [4.69, 9.17) is 5.73 Å². The molecule has 0 aliphatic rings. The molecule has 9 heteroatoms. The van der Waals surface area contributed by atoms with Gasteiger partial charge in [0.2, 0.25) is 11.3 Å². The number of carbonyl (C=O) groups is 1. The van der Waals surface area contributed by atoms with Crippen LogP contribution in [-0.4, -0.2) is 20.0 Å². The van der Waals surface area contributed by atoms with Crippen LogP contribution in [0.4, 0.5) is 11.5 Å². The number of nitrogens with two attached hydrogens (primary N) is 1. The van der Waals surface area contributed by atoms with Gasteiger partial charge in [-0.15, -0.1) is 0 Å². The number of rotatable bonds is 2. The van der Waals surface area contributed by atoms with Gasteiger partial charge in [0.25, 0.3) is 5.56 Å². The zero-order chi connectivity index (χ0) is 15.9.